The molecule has 0 bridgehead atoms. The van der Waals surface area contributed by atoms with Gasteiger partial charge in [-0.05, 0) is 44.4 Å². The number of carboxylic acid groups (broad SMARTS) is 1. The predicted molar refractivity (Wildman–Crippen MR) is 63.1 cm³/mol. The fraction of sp³-hybridized carbons (Fsp3) is 0.909. The summed E-state index contributed by atoms with van der Waals surface area (Å²) in [5.74, 6) is -0.541. The maximum atomic E-state index is 11.7. The van der Waals surface area contributed by atoms with Crippen molar-refractivity contribution >= 4 is 16.0 Å². The van der Waals surface area contributed by atoms with Crippen LogP contribution in [0.3, 0.4) is 0 Å². The van der Waals surface area contributed by atoms with E-state index in [1.54, 1.807) is 0 Å². The normalized spacial score (nSPS) is 30.1. The molecule has 2 N–H and O–H groups in total. The summed E-state index contributed by atoms with van der Waals surface area (Å²) in [7, 11) is -3.09. The predicted octanol–water partition coefficient (Wildman–Crippen LogP) is 1.10. The van der Waals surface area contributed by atoms with Gasteiger partial charge in [-0.3, -0.25) is 4.79 Å². The quantitative estimate of drug-likeness (QED) is 0.776. The maximum absolute atomic E-state index is 11.7. The third-order valence-electron chi connectivity index (χ3n) is 3.60. The molecule has 0 aromatic rings. The van der Waals surface area contributed by atoms with Crippen molar-refractivity contribution in [2.45, 2.75) is 56.2 Å². The Hall–Kier alpha value is -0.620. The zero-order valence-corrected chi connectivity index (χ0v) is 10.6. The van der Waals surface area contributed by atoms with Crippen LogP contribution in [0.15, 0.2) is 0 Å². The summed E-state index contributed by atoms with van der Waals surface area (Å²) in [5, 5.41) is 8.52. The van der Waals surface area contributed by atoms with E-state index in [4.69, 9.17) is 5.11 Å². The highest BCUT2D eigenvalue weighted by Gasteiger charge is 2.37. The van der Waals surface area contributed by atoms with Gasteiger partial charge in [-0.1, -0.05) is 0 Å². The molecule has 0 aliphatic heterocycles. The Morgan fingerprint density at radius 3 is 2.18 bits per heavy atom. The van der Waals surface area contributed by atoms with E-state index in [0.717, 1.165) is 38.5 Å². The number of carbonyl (C=O) groups is 1. The standard InChI is InChI=1S/C11H19NO4S/c13-11(14)7-8-1-3-9(4-2-8)12-17(15,16)10-5-6-10/h8-10,12H,1-7H2,(H,13,14). The van der Waals surface area contributed by atoms with Gasteiger partial charge in [-0.15, -0.1) is 0 Å². The molecule has 0 atom stereocenters. The molecule has 2 aliphatic rings. The van der Waals surface area contributed by atoms with Gasteiger partial charge in [0.15, 0.2) is 0 Å². The number of hydrogen-bond donors (Lipinski definition) is 2. The van der Waals surface area contributed by atoms with Crippen LogP contribution in [-0.2, 0) is 14.8 Å². The first-order valence-electron chi connectivity index (χ1n) is 6.20. The topological polar surface area (TPSA) is 83.5 Å². The fourth-order valence-corrected chi connectivity index (χ4v) is 4.09. The van der Waals surface area contributed by atoms with E-state index < -0.39 is 16.0 Å². The molecule has 0 amide bonds. The SMILES string of the molecule is O=C(O)CC1CCC(NS(=O)(=O)C2CC2)CC1. The molecule has 2 saturated carbocycles. The van der Waals surface area contributed by atoms with Crippen LogP contribution in [0.2, 0.25) is 0 Å². The summed E-state index contributed by atoms with van der Waals surface area (Å²) < 4.78 is 26.2. The maximum Gasteiger partial charge on any atom is 0.303 e. The Balaban J connectivity index is 1.77. The summed E-state index contributed by atoms with van der Waals surface area (Å²) >= 11 is 0. The van der Waals surface area contributed by atoms with E-state index in [-0.39, 0.29) is 23.6 Å². The molecule has 0 saturated heterocycles. The lowest BCUT2D eigenvalue weighted by atomic mass is 9.84. The van der Waals surface area contributed by atoms with E-state index in [9.17, 15) is 13.2 Å². The van der Waals surface area contributed by atoms with Crippen LogP contribution < -0.4 is 4.72 Å². The molecule has 17 heavy (non-hydrogen) atoms. The summed E-state index contributed by atoms with van der Waals surface area (Å²) in [6.45, 7) is 0. The molecule has 0 radical (unpaired) electrons. The van der Waals surface area contributed by atoms with Crippen LogP contribution in [0.25, 0.3) is 0 Å². The minimum absolute atomic E-state index is 0.0191. The highest BCUT2D eigenvalue weighted by atomic mass is 32.2. The van der Waals surface area contributed by atoms with Gasteiger partial charge < -0.3 is 5.11 Å². The van der Waals surface area contributed by atoms with Crippen molar-refractivity contribution in [1.29, 1.82) is 0 Å². The third kappa shape index (κ3) is 3.67. The van der Waals surface area contributed by atoms with E-state index >= 15 is 0 Å². The van der Waals surface area contributed by atoms with Crippen LogP contribution >= 0.6 is 0 Å². The molecule has 98 valence electrons. The van der Waals surface area contributed by atoms with Gasteiger partial charge in [0.05, 0.1) is 5.25 Å². The number of hydrogen-bond acceptors (Lipinski definition) is 3. The average Bonchev–Trinajstić information content (AvgIpc) is 3.03. The number of sulfonamides is 1. The zero-order chi connectivity index (χ0) is 12.5. The molecule has 0 unspecified atom stereocenters. The Morgan fingerprint density at radius 1 is 1.12 bits per heavy atom. The van der Waals surface area contributed by atoms with Crippen LogP contribution in [0.4, 0.5) is 0 Å². The second-order valence-corrected chi connectivity index (χ2v) is 7.17. The average molecular weight is 261 g/mol. The van der Waals surface area contributed by atoms with Crippen molar-refractivity contribution < 1.29 is 18.3 Å². The first kappa shape index (κ1) is 12.8. The monoisotopic (exact) mass is 261 g/mol. The minimum atomic E-state index is -3.09. The third-order valence-corrected chi connectivity index (χ3v) is 5.62. The molecule has 0 aromatic carbocycles. The highest BCUT2D eigenvalue weighted by Crippen LogP contribution is 2.31. The Morgan fingerprint density at radius 2 is 1.71 bits per heavy atom. The van der Waals surface area contributed by atoms with Crippen LogP contribution in [0.1, 0.15) is 44.9 Å². The Labute approximate surface area is 102 Å². The van der Waals surface area contributed by atoms with E-state index in [1.807, 2.05) is 0 Å². The second-order valence-electron chi connectivity index (χ2n) is 5.18. The zero-order valence-electron chi connectivity index (χ0n) is 9.76. The first-order chi connectivity index (χ1) is 7.97. The molecule has 5 nitrogen and oxygen atoms in total. The number of aliphatic carboxylic acids is 1. The van der Waals surface area contributed by atoms with Gasteiger partial charge in [-0.25, -0.2) is 13.1 Å². The van der Waals surface area contributed by atoms with Crippen LogP contribution in [0, 0.1) is 5.92 Å². The number of nitrogens with one attached hydrogen (secondary N) is 1. The van der Waals surface area contributed by atoms with Gasteiger partial charge in [0.25, 0.3) is 0 Å². The van der Waals surface area contributed by atoms with Gasteiger partial charge in [0.1, 0.15) is 0 Å². The Kier molecular flexibility index (Phi) is 3.73. The van der Waals surface area contributed by atoms with Crippen LogP contribution in [-0.4, -0.2) is 30.8 Å². The second kappa shape index (κ2) is 4.94. The van der Waals surface area contributed by atoms with Gasteiger partial charge in [0.2, 0.25) is 10.0 Å². The largest absolute Gasteiger partial charge is 0.481 e. The summed E-state index contributed by atoms with van der Waals surface area (Å²) in [6, 6.07) is 0.0191. The van der Waals surface area contributed by atoms with Crippen molar-refractivity contribution in [2.24, 2.45) is 5.92 Å². The van der Waals surface area contributed by atoms with Crippen molar-refractivity contribution in [1.82, 2.24) is 4.72 Å². The minimum Gasteiger partial charge on any atom is -0.481 e. The summed E-state index contributed by atoms with van der Waals surface area (Å²) in [6.07, 6.45) is 4.93. The number of carboxylic acids is 1. The lowest BCUT2D eigenvalue weighted by molar-refractivity contribution is -0.138. The van der Waals surface area contributed by atoms with Gasteiger partial charge in [-0.2, -0.15) is 0 Å². The smallest absolute Gasteiger partial charge is 0.303 e. The molecule has 0 heterocycles. The van der Waals surface area contributed by atoms with E-state index in [1.165, 1.54) is 0 Å². The molecule has 6 heteroatoms. The highest BCUT2D eigenvalue weighted by molar-refractivity contribution is 7.90. The van der Waals surface area contributed by atoms with Gasteiger partial charge in [0, 0.05) is 12.5 Å². The molecular formula is C11H19NO4S. The molecule has 0 aromatic heterocycles. The van der Waals surface area contributed by atoms with Crippen molar-refractivity contribution in [2.75, 3.05) is 0 Å². The molecular weight excluding hydrogens is 242 g/mol. The van der Waals surface area contributed by atoms with Crippen LogP contribution in [0.5, 0.6) is 0 Å². The Bertz CT molecular complexity index is 380. The molecule has 0 spiro atoms. The van der Waals surface area contributed by atoms with Crippen molar-refractivity contribution in [3.63, 3.8) is 0 Å². The molecule has 2 rings (SSSR count). The lowest BCUT2D eigenvalue weighted by Crippen LogP contribution is -2.39. The lowest BCUT2D eigenvalue weighted by Gasteiger charge is -2.28. The summed E-state index contributed by atoms with van der Waals surface area (Å²) in [4.78, 5) is 10.6. The summed E-state index contributed by atoms with van der Waals surface area (Å²) in [5.41, 5.74) is 0. The van der Waals surface area contributed by atoms with E-state index in [2.05, 4.69) is 4.72 Å². The van der Waals surface area contributed by atoms with Crippen molar-refractivity contribution in [3.8, 4) is 0 Å². The van der Waals surface area contributed by atoms with Crippen molar-refractivity contribution in [3.05, 3.63) is 0 Å². The van der Waals surface area contributed by atoms with Gasteiger partial charge >= 0.3 is 5.97 Å². The molecule has 2 aliphatic carbocycles. The molecule has 2 fully saturated rings. The van der Waals surface area contributed by atoms with E-state index in [0.29, 0.717) is 0 Å². The fourth-order valence-electron chi connectivity index (χ4n) is 2.44. The first-order valence-corrected chi connectivity index (χ1v) is 7.75. The number of rotatable bonds is 5.